The molecule has 1 aromatic rings. The van der Waals surface area contributed by atoms with Gasteiger partial charge in [0.15, 0.2) is 0 Å². The fourth-order valence-corrected chi connectivity index (χ4v) is 8.76. The molecule has 9 nitrogen and oxygen atoms in total. The van der Waals surface area contributed by atoms with Gasteiger partial charge in [-0.25, -0.2) is 0 Å². The summed E-state index contributed by atoms with van der Waals surface area (Å²) in [6.45, 7) is 9.16. The zero-order chi connectivity index (χ0) is 29.9. The predicted octanol–water partition coefficient (Wildman–Crippen LogP) is 7.25. The van der Waals surface area contributed by atoms with Crippen molar-refractivity contribution in [1.29, 1.82) is 0 Å². The number of nitrogens with two attached hydrogens (primary N) is 1. The number of nitrogen functional groups attached to an aromatic ring is 1. The molecule has 4 rings (SSSR count). The number of carboxylic acids is 1. The summed E-state index contributed by atoms with van der Waals surface area (Å²) in [5.74, 6) is 1.11. The quantitative estimate of drug-likeness (QED) is 0.0946. The molecule has 228 valence electrons. The van der Waals surface area contributed by atoms with Gasteiger partial charge in [0.2, 0.25) is 0 Å². The fourth-order valence-electron chi connectivity index (χ4n) is 8.76. The van der Waals surface area contributed by atoms with E-state index in [0.717, 1.165) is 30.9 Å². The maximum Gasteiger partial charge on any atom is 0.303 e. The van der Waals surface area contributed by atoms with Crippen molar-refractivity contribution in [2.24, 2.45) is 45.5 Å². The zero-order valence-electron chi connectivity index (χ0n) is 25.3. The lowest BCUT2D eigenvalue weighted by atomic mass is 9.50. The smallest absolute Gasteiger partial charge is 0.303 e. The average molecular weight is 571 g/mol. The van der Waals surface area contributed by atoms with E-state index in [1.165, 1.54) is 38.2 Å². The van der Waals surface area contributed by atoms with Crippen LogP contribution < -0.4 is 11.2 Å². The molecule has 41 heavy (non-hydrogen) atoms. The molecular weight excluding hydrogens is 520 g/mol. The molecule has 4 unspecified atom stereocenters. The standard InChI is InChI=1S/C32H50N4O5/c1-20(2)7-5-6-8-21-9-11-25-24(19-30(38)39)26(14-16-31(21,25)3)32(4)15-13-23(37)18-29(32)35-34-27-12-10-22(33)17-28(27)36(40)41/h10,12,17,20-21,23-26,34,37H,5-9,11,13-16,18-19,33H2,1-4H3,(H,38,39)/b35-29+/t21-,23-,24?,25?,26?,31+,32?/m0/s1. The first-order chi connectivity index (χ1) is 19.3. The van der Waals surface area contributed by atoms with E-state index in [0.29, 0.717) is 36.8 Å². The Kier molecular flexibility index (Phi) is 9.66. The molecule has 3 aliphatic rings. The number of hydrazone groups is 1. The molecule has 0 radical (unpaired) electrons. The molecule has 0 aromatic heterocycles. The molecule has 7 atom stereocenters. The first-order valence-electron chi connectivity index (χ1n) is 15.6. The Morgan fingerprint density at radius 2 is 1.93 bits per heavy atom. The van der Waals surface area contributed by atoms with Crippen molar-refractivity contribution in [3.8, 4) is 0 Å². The summed E-state index contributed by atoms with van der Waals surface area (Å²) in [6.07, 6.45) is 10.6. The minimum atomic E-state index is -0.752. The highest BCUT2D eigenvalue weighted by Crippen LogP contribution is 2.64. The summed E-state index contributed by atoms with van der Waals surface area (Å²) in [7, 11) is 0. The lowest BCUT2D eigenvalue weighted by Gasteiger charge is -2.55. The van der Waals surface area contributed by atoms with E-state index in [4.69, 9.17) is 10.8 Å². The Labute approximate surface area is 244 Å². The molecule has 3 aliphatic carbocycles. The predicted molar refractivity (Wildman–Crippen MR) is 163 cm³/mol. The van der Waals surface area contributed by atoms with Crippen LogP contribution in [-0.4, -0.2) is 32.9 Å². The molecule has 5 N–H and O–H groups in total. The van der Waals surface area contributed by atoms with Gasteiger partial charge in [-0.1, -0.05) is 47.0 Å². The zero-order valence-corrected chi connectivity index (χ0v) is 25.3. The molecule has 3 saturated carbocycles. The van der Waals surface area contributed by atoms with Crippen molar-refractivity contribution >= 4 is 28.7 Å². The SMILES string of the molecule is CC(C)CCCC[C@H]1CCC2C(CC(=O)O)C(C3(C)CC[C@H](O)C/C3=N\Nc3ccc(N)cc3[N+](=O)[O-])CC[C@@]21C. The number of benzene rings is 1. The maximum atomic E-state index is 12.3. The van der Waals surface area contributed by atoms with Crippen molar-refractivity contribution in [3.63, 3.8) is 0 Å². The highest BCUT2D eigenvalue weighted by atomic mass is 16.6. The highest BCUT2D eigenvalue weighted by molar-refractivity contribution is 5.92. The molecule has 0 amide bonds. The monoisotopic (exact) mass is 570 g/mol. The first kappa shape index (κ1) is 31.3. The van der Waals surface area contributed by atoms with Crippen LogP contribution in [-0.2, 0) is 4.79 Å². The number of rotatable bonds is 11. The molecule has 0 saturated heterocycles. The molecule has 0 heterocycles. The van der Waals surface area contributed by atoms with Crippen LogP contribution in [0.5, 0.6) is 0 Å². The second kappa shape index (κ2) is 12.7. The number of aliphatic carboxylic acids is 1. The number of nitro benzene ring substituents is 1. The van der Waals surface area contributed by atoms with Gasteiger partial charge in [-0.3, -0.25) is 20.3 Å². The number of unbranched alkanes of at least 4 members (excludes halogenated alkanes) is 1. The maximum absolute atomic E-state index is 12.3. The van der Waals surface area contributed by atoms with Crippen LogP contribution in [0.1, 0.15) is 105 Å². The van der Waals surface area contributed by atoms with Gasteiger partial charge in [-0.05, 0) is 92.1 Å². The van der Waals surface area contributed by atoms with Gasteiger partial charge in [0.05, 0.1) is 11.0 Å². The second-order valence-corrected chi connectivity index (χ2v) is 14.0. The summed E-state index contributed by atoms with van der Waals surface area (Å²) in [4.78, 5) is 23.4. The van der Waals surface area contributed by atoms with E-state index in [1.54, 1.807) is 12.1 Å². The van der Waals surface area contributed by atoms with E-state index in [9.17, 15) is 25.1 Å². The normalized spacial score (nSPS) is 34.5. The van der Waals surface area contributed by atoms with E-state index >= 15 is 0 Å². The van der Waals surface area contributed by atoms with Crippen LogP contribution in [0, 0.1) is 50.5 Å². The van der Waals surface area contributed by atoms with Gasteiger partial charge >= 0.3 is 5.97 Å². The molecule has 3 fully saturated rings. The molecule has 0 spiro atoms. The molecule has 1 aromatic carbocycles. The summed E-state index contributed by atoms with van der Waals surface area (Å²) in [6, 6.07) is 4.45. The third kappa shape index (κ3) is 6.71. The van der Waals surface area contributed by atoms with Gasteiger partial charge in [0, 0.05) is 35.7 Å². The summed E-state index contributed by atoms with van der Waals surface area (Å²) >= 11 is 0. The van der Waals surface area contributed by atoms with Crippen LogP contribution in [0.2, 0.25) is 0 Å². The van der Waals surface area contributed by atoms with Gasteiger partial charge in [0.1, 0.15) is 5.69 Å². The molecule has 0 aliphatic heterocycles. The van der Waals surface area contributed by atoms with Crippen molar-refractivity contribution in [3.05, 3.63) is 28.3 Å². The van der Waals surface area contributed by atoms with Crippen LogP contribution in [0.3, 0.4) is 0 Å². The van der Waals surface area contributed by atoms with Gasteiger partial charge < -0.3 is 15.9 Å². The van der Waals surface area contributed by atoms with E-state index < -0.39 is 22.4 Å². The number of aliphatic hydroxyl groups excluding tert-OH is 1. The first-order valence-corrected chi connectivity index (χ1v) is 15.6. The Bertz CT molecular complexity index is 1140. The number of fused-ring (bicyclic) bond motifs is 1. The molecular formula is C32H50N4O5. The number of hydrogen-bond acceptors (Lipinski definition) is 7. The molecule has 0 bridgehead atoms. The van der Waals surface area contributed by atoms with Gasteiger partial charge in [0.25, 0.3) is 5.69 Å². The van der Waals surface area contributed by atoms with E-state index in [2.05, 4.69) is 33.1 Å². The topological polar surface area (TPSA) is 151 Å². The Hall–Kier alpha value is -2.68. The number of aliphatic hydroxyl groups is 1. The average Bonchev–Trinajstić information content (AvgIpc) is 3.23. The van der Waals surface area contributed by atoms with Crippen molar-refractivity contribution in [2.75, 3.05) is 11.2 Å². The number of nitro groups is 1. The third-order valence-corrected chi connectivity index (χ3v) is 11.1. The summed E-state index contributed by atoms with van der Waals surface area (Å²) in [5.41, 5.74) is 9.60. The lowest BCUT2D eigenvalue weighted by Crippen LogP contribution is -2.52. The lowest BCUT2D eigenvalue weighted by molar-refractivity contribution is -0.383. The Balaban J connectivity index is 1.61. The van der Waals surface area contributed by atoms with Crippen molar-refractivity contribution in [2.45, 2.75) is 111 Å². The Morgan fingerprint density at radius 1 is 1.17 bits per heavy atom. The van der Waals surface area contributed by atoms with Crippen molar-refractivity contribution in [1.82, 2.24) is 0 Å². The van der Waals surface area contributed by atoms with Crippen LogP contribution >= 0.6 is 0 Å². The number of carboxylic acid groups (broad SMARTS) is 1. The van der Waals surface area contributed by atoms with Gasteiger partial charge in [-0.15, -0.1) is 0 Å². The van der Waals surface area contributed by atoms with Crippen LogP contribution in [0.25, 0.3) is 0 Å². The third-order valence-electron chi connectivity index (χ3n) is 11.1. The minimum Gasteiger partial charge on any atom is -0.481 e. The van der Waals surface area contributed by atoms with Crippen LogP contribution in [0.4, 0.5) is 17.1 Å². The van der Waals surface area contributed by atoms with E-state index in [-0.39, 0.29) is 35.0 Å². The largest absolute Gasteiger partial charge is 0.481 e. The summed E-state index contributed by atoms with van der Waals surface area (Å²) < 4.78 is 0. The number of carbonyl (C=O) groups is 1. The second-order valence-electron chi connectivity index (χ2n) is 14.0. The summed E-state index contributed by atoms with van der Waals surface area (Å²) in [5, 5.41) is 37.1. The number of anilines is 2. The highest BCUT2D eigenvalue weighted by Gasteiger charge is 2.58. The number of nitrogens with one attached hydrogen (secondary N) is 1. The van der Waals surface area contributed by atoms with E-state index in [1.807, 2.05) is 0 Å². The fraction of sp³-hybridized carbons (Fsp3) is 0.750. The van der Waals surface area contributed by atoms with Crippen LogP contribution in [0.15, 0.2) is 23.3 Å². The minimum absolute atomic E-state index is 0.0308. The Morgan fingerprint density at radius 3 is 2.61 bits per heavy atom. The van der Waals surface area contributed by atoms with Gasteiger partial charge in [-0.2, -0.15) is 5.10 Å². The number of hydrogen-bond donors (Lipinski definition) is 4. The number of nitrogens with zero attached hydrogens (tertiary/aromatic N) is 2. The molecule has 9 heteroatoms. The van der Waals surface area contributed by atoms with Crippen molar-refractivity contribution < 1.29 is 19.9 Å².